The summed E-state index contributed by atoms with van der Waals surface area (Å²) in [6.45, 7) is -0.647. The average molecular weight is 358 g/mol. The van der Waals surface area contributed by atoms with Crippen molar-refractivity contribution in [2.24, 2.45) is 0 Å². The number of nitrogens with one attached hydrogen (secondary N) is 1. The van der Waals surface area contributed by atoms with E-state index in [-0.39, 0.29) is 17.7 Å². The van der Waals surface area contributed by atoms with Crippen molar-refractivity contribution in [1.29, 1.82) is 0 Å². The Labute approximate surface area is 139 Å². The van der Waals surface area contributed by atoms with E-state index in [1.54, 1.807) is 0 Å². The van der Waals surface area contributed by atoms with E-state index in [1.165, 1.54) is 20.3 Å². The molecule has 2 heterocycles. The molecule has 8 nitrogen and oxygen atoms in total. The van der Waals surface area contributed by atoms with Crippen molar-refractivity contribution in [3.8, 4) is 11.8 Å². The summed E-state index contributed by atoms with van der Waals surface area (Å²) >= 11 is 0. The zero-order chi connectivity index (χ0) is 18.6. The summed E-state index contributed by atoms with van der Waals surface area (Å²) in [7, 11) is 2.69. The van der Waals surface area contributed by atoms with Crippen molar-refractivity contribution in [3.05, 3.63) is 40.3 Å². The predicted octanol–water partition coefficient (Wildman–Crippen LogP) is 1.31. The van der Waals surface area contributed by atoms with Crippen LogP contribution in [0.3, 0.4) is 0 Å². The number of nitrogens with zero attached hydrogens (tertiary/aromatic N) is 3. The highest BCUT2D eigenvalue weighted by Crippen LogP contribution is 2.26. The Hall–Kier alpha value is -3.11. The third kappa shape index (κ3) is 4.46. The highest BCUT2D eigenvalue weighted by molar-refractivity contribution is 5.88. The Morgan fingerprint density at radius 2 is 1.84 bits per heavy atom. The number of pyridine rings is 1. The number of alkyl halides is 3. The molecule has 1 N–H and O–H groups in total. The van der Waals surface area contributed by atoms with E-state index >= 15 is 0 Å². The van der Waals surface area contributed by atoms with Crippen LogP contribution in [-0.4, -0.2) is 34.7 Å². The van der Waals surface area contributed by atoms with Crippen LogP contribution in [0.1, 0.15) is 5.56 Å². The maximum atomic E-state index is 12.7. The second-order valence-corrected chi connectivity index (χ2v) is 4.68. The van der Waals surface area contributed by atoms with Gasteiger partial charge in [-0.25, -0.2) is 0 Å². The summed E-state index contributed by atoms with van der Waals surface area (Å²) < 4.78 is 48.6. The lowest BCUT2D eigenvalue weighted by Crippen LogP contribution is -2.32. The monoisotopic (exact) mass is 358 g/mol. The van der Waals surface area contributed by atoms with Crippen molar-refractivity contribution >= 4 is 11.9 Å². The van der Waals surface area contributed by atoms with Gasteiger partial charge in [0.25, 0.3) is 5.56 Å². The van der Waals surface area contributed by atoms with Gasteiger partial charge in [0.05, 0.1) is 20.3 Å². The van der Waals surface area contributed by atoms with Gasteiger partial charge in [-0.3, -0.25) is 14.9 Å². The number of rotatable bonds is 5. The average Bonchev–Trinajstić information content (AvgIpc) is 2.55. The number of carbonyl (C=O) groups excluding carboxylic acids is 1. The van der Waals surface area contributed by atoms with Crippen LogP contribution in [0.4, 0.5) is 19.1 Å². The Morgan fingerprint density at radius 3 is 2.36 bits per heavy atom. The maximum Gasteiger partial charge on any atom is 0.421 e. The quantitative estimate of drug-likeness (QED) is 0.866. The molecule has 0 spiro atoms. The molecular formula is C14H13F3N4O4. The molecule has 134 valence electrons. The minimum atomic E-state index is -4.81. The van der Waals surface area contributed by atoms with Gasteiger partial charge in [-0.15, -0.1) is 0 Å². The molecule has 0 aromatic carbocycles. The largest absolute Gasteiger partial charge is 0.481 e. The molecule has 2 aromatic heterocycles. The molecule has 0 unspecified atom stereocenters. The van der Waals surface area contributed by atoms with E-state index in [0.29, 0.717) is 10.6 Å². The van der Waals surface area contributed by atoms with Gasteiger partial charge in [-0.2, -0.15) is 23.1 Å². The van der Waals surface area contributed by atoms with Crippen LogP contribution in [0.25, 0.3) is 0 Å². The highest BCUT2D eigenvalue weighted by Gasteiger charge is 2.34. The van der Waals surface area contributed by atoms with Crippen LogP contribution >= 0.6 is 0 Å². The van der Waals surface area contributed by atoms with Crippen molar-refractivity contribution < 1.29 is 27.4 Å². The van der Waals surface area contributed by atoms with Crippen molar-refractivity contribution in [1.82, 2.24) is 14.5 Å². The van der Waals surface area contributed by atoms with Gasteiger partial charge in [-0.1, -0.05) is 0 Å². The van der Waals surface area contributed by atoms with E-state index in [4.69, 9.17) is 9.47 Å². The molecule has 2 aromatic rings. The van der Waals surface area contributed by atoms with Crippen molar-refractivity contribution in [2.45, 2.75) is 12.7 Å². The molecular weight excluding hydrogens is 345 g/mol. The highest BCUT2D eigenvalue weighted by atomic mass is 19.4. The molecule has 0 fully saturated rings. The number of anilines is 1. The van der Waals surface area contributed by atoms with E-state index < -0.39 is 29.8 Å². The number of ether oxygens (including phenoxy) is 2. The SMILES string of the molecule is COc1cc(OC)nc(NC(=O)Cn2cccc(C(F)(F)F)c2=O)n1. The molecule has 0 aliphatic carbocycles. The molecule has 11 heteroatoms. The van der Waals surface area contributed by atoms with Crippen LogP contribution in [0.15, 0.2) is 29.2 Å². The first kappa shape index (κ1) is 18.2. The zero-order valence-corrected chi connectivity index (χ0v) is 13.1. The van der Waals surface area contributed by atoms with E-state index in [1.807, 2.05) is 0 Å². The van der Waals surface area contributed by atoms with Gasteiger partial charge in [0.2, 0.25) is 23.6 Å². The third-order valence-electron chi connectivity index (χ3n) is 2.99. The molecule has 0 saturated heterocycles. The molecule has 0 saturated carbocycles. The van der Waals surface area contributed by atoms with E-state index in [9.17, 15) is 22.8 Å². The van der Waals surface area contributed by atoms with Crippen LogP contribution in [0.2, 0.25) is 0 Å². The number of aromatic nitrogens is 3. The van der Waals surface area contributed by atoms with Gasteiger partial charge in [0.15, 0.2) is 0 Å². The molecule has 25 heavy (non-hydrogen) atoms. The van der Waals surface area contributed by atoms with Crippen molar-refractivity contribution in [2.75, 3.05) is 19.5 Å². The normalized spacial score (nSPS) is 11.1. The second kappa shape index (κ2) is 7.20. The first-order chi connectivity index (χ1) is 11.7. The summed E-state index contributed by atoms with van der Waals surface area (Å²) in [5.74, 6) is -0.755. The standard InChI is InChI=1S/C14H13F3N4O4/c1-24-10-6-11(25-2)20-13(19-10)18-9(22)7-21-5-3-4-8(12(21)23)14(15,16)17/h3-6H,7H2,1-2H3,(H,18,19,20,22). The zero-order valence-electron chi connectivity index (χ0n) is 13.1. The van der Waals surface area contributed by atoms with E-state index in [0.717, 1.165) is 12.3 Å². The Bertz CT molecular complexity index is 813. The first-order valence-corrected chi connectivity index (χ1v) is 6.78. The number of halogens is 3. The molecule has 0 aliphatic heterocycles. The Morgan fingerprint density at radius 1 is 1.24 bits per heavy atom. The van der Waals surface area contributed by atoms with Crippen LogP contribution in [0.5, 0.6) is 11.8 Å². The Kier molecular flexibility index (Phi) is 5.25. The van der Waals surface area contributed by atoms with Gasteiger partial charge in [0.1, 0.15) is 12.1 Å². The summed E-state index contributed by atoms with van der Waals surface area (Å²) in [4.78, 5) is 31.5. The molecule has 2 rings (SSSR count). The third-order valence-corrected chi connectivity index (χ3v) is 2.99. The smallest absolute Gasteiger partial charge is 0.421 e. The number of hydrogen-bond acceptors (Lipinski definition) is 6. The fourth-order valence-corrected chi connectivity index (χ4v) is 1.87. The molecule has 0 radical (unpaired) electrons. The van der Waals surface area contributed by atoms with Gasteiger partial charge < -0.3 is 14.0 Å². The molecule has 0 atom stereocenters. The van der Waals surface area contributed by atoms with Crippen LogP contribution in [0, 0.1) is 0 Å². The lowest BCUT2D eigenvalue weighted by molar-refractivity contribution is -0.139. The minimum absolute atomic E-state index is 0.110. The molecule has 0 aliphatic rings. The van der Waals surface area contributed by atoms with Crippen LogP contribution in [-0.2, 0) is 17.5 Å². The number of amides is 1. The number of methoxy groups -OCH3 is 2. The molecule has 1 amide bonds. The van der Waals surface area contributed by atoms with Gasteiger partial charge in [0, 0.05) is 6.20 Å². The maximum absolute atomic E-state index is 12.7. The second-order valence-electron chi connectivity index (χ2n) is 4.68. The topological polar surface area (TPSA) is 95.3 Å². The van der Waals surface area contributed by atoms with Crippen molar-refractivity contribution in [3.63, 3.8) is 0 Å². The number of hydrogen-bond donors (Lipinski definition) is 1. The summed E-state index contributed by atoms with van der Waals surface area (Å²) in [5, 5.41) is 2.26. The predicted molar refractivity (Wildman–Crippen MR) is 79.5 cm³/mol. The summed E-state index contributed by atoms with van der Waals surface area (Å²) in [6.07, 6.45) is -3.73. The summed E-state index contributed by atoms with van der Waals surface area (Å²) in [6, 6.07) is 3.04. The summed E-state index contributed by atoms with van der Waals surface area (Å²) in [5.41, 5.74) is -2.68. The van der Waals surface area contributed by atoms with Gasteiger partial charge in [-0.05, 0) is 12.1 Å². The lowest BCUT2D eigenvalue weighted by Gasteiger charge is -2.11. The minimum Gasteiger partial charge on any atom is -0.481 e. The van der Waals surface area contributed by atoms with Gasteiger partial charge >= 0.3 is 6.18 Å². The lowest BCUT2D eigenvalue weighted by atomic mass is 10.2. The number of carbonyl (C=O) groups is 1. The molecule has 0 bridgehead atoms. The fourth-order valence-electron chi connectivity index (χ4n) is 1.87. The van der Waals surface area contributed by atoms with E-state index in [2.05, 4.69) is 15.3 Å². The first-order valence-electron chi connectivity index (χ1n) is 6.78. The van der Waals surface area contributed by atoms with Crippen LogP contribution < -0.4 is 20.3 Å². The Balaban J connectivity index is 2.20. The fraction of sp³-hybridized carbons (Fsp3) is 0.286.